The summed E-state index contributed by atoms with van der Waals surface area (Å²) in [5.41, 5.74) is 9.32. The molecule has 0 bridgehead atoms. The maximum atomic E-state index is 8.66. The number of aliphatic hydroxyl groups excluding tert-OH is 1. The fourth-order valence-electron chi connectivity index (χ4n) is 1.78. The molecule has 4 nitrogen and oxygen atoms in total. The number of aliphatic hydroxyl groups is 1. The lowest BCUT2D eigenvalue weighted by molar-refractivity contribution is 0.282. The van der Waals surface area contributed by atoms with Crippen LogP contribution in [0.25, 0.3) is 0 Å². The lowest BCUT2D eigenvalue weighted by Gasteiger charge is -2.08. The molecule has 106 valence electrons. The Hall–Kier alpha value is -1.55. The van der Waals surface area contributed by atoms with E-state index in [4.69, 9.17) is 10.8 Å². The number of rotatable bonds is 7. The second kappa shape index (κ2) is 8.53. The van der Waals surface area contributed by atoms with Gasteiger partial charge in [0.05, 0.1) is 0 Å². The highest BCUT2D eigenvalue weighted by molar-refractivity contribution is 5.92. The van der Waals surface area contributed by atoms with Crippen molar-refractivity contribution in [2.45, 2.75) is 39.5 Å². The van der Waals surface area contributed by atoms with E-state index in [1.807, 2.05) is 6.07 Å². The molecule has 0 aromatic heterocycles. The van der Waals surface area contributed by atoms with E-state index in [-0.39, 0.29) is 6.61 Å². The summed E-state index contributed by atoms with van der Waals surface area (Å²) in [6, 6.07) is 6.14. The molecule has 4 heteroatoms. The molecule has 19 heavy (non-hydrogen) atoms. The van der Waals surface area contributed by atoms with Gasteiger partial charge in [0, 0.05) is 18.8 Å². The minimum atomic E-state index is 0.278. The number of aryl methyl sites for hydroxylation is 2. The van der Waals surface area contributed by atoms with Gasteiger partial charge < -0.3 is 16.2 Å². The number of guanidine groups is 1. The van der Waals surface area contributed by atoms with Crippen LogP contribution in [0.5, 0.6) is 0 Å². The molecule has 0 amide bonds. The summed E-state index contributed by atoms with van der Waals surface area (Å²) in [5, 5.41) is 11.8. The van der Waals surface area contributed by atoms with Crippen LogP contribution in [0.15, 0.2) is 23.2 Å². The third kappa shape index (κ3) is 6.25. The molecule has 0 heterocycles. The number of unbranched alkanes of at least 4 members (excludes halogenated alkanes) is 3. The molecule has 0 aliphatic rings. The highest BCUT2D eigenvalue weighted by Crippen LogP contribution is 2.13. The fourth-order valence-corrected chi connectivity index (χ4v) is 1.78. The number of benzene rings is 1. The summed E-state index contributed by atoms with van der Waals surface area (Å²) in [6.07, 6.45) is 4.02. The monoisotopic (exact) mass is 263 g/mol. The molecule has 1 aromatic carbocycles. The van der Waals surface area contributed by atoms with Gasteiger partial charge in [-0.05, 0) is 49.9 Å². The largest absolute Gasteiger partial charge is 0.396 e. The first-order valence-electron chi connectivity index (χ1n) is 6.88. The summed E-state index contributed by atoms with van der Waals surface area (Å²) >= 11 is 0. The Balaban J connectivity index is 2.32. The van der Waals surface area contributed by atoms with E-state index in [0.29, 0.717) is 5.96 Å². The van der Waals surface area contributed by atoms with Crippen LogP contribution in [0.1, 0.15) is 36.8 Å². The van der Waals surface area contributed by atoms with E-state index in [0.717, 1.165) is 37.9 Å². The maximum absolute atomic E-state index is 8.66. The Bertz CT molecular complexity index is 416. The van der Waals surface area contributed by atoms with Crippen molar-refractivity contribution in [3.63, 3.8) is 0 Å². The second-order valence-corrected chi connectivity index (χ2v) is 4.83. The van der Waals surface area contributed by atoms with Gasteiger partial charge in [-0.25, -0.2) is 0 Å². The molecule has 1 rings (SSSR count). The fraction of sp³-hybridized carbons (Fsp3) is 0.533. The smallest absolute Gasteiger partial charge is 0.193 e. The molecule has 0 aliphatic heterocycles. The van der Waals surface area contributed by atoms with Crippen LogP contribution in [0.3, 0.4) is 0 Å². The standard InChI is InChI=1S/C15H25N3O/c1-12-7-8-14(11-13(12)2)18-15(16)17-9-5-3-4-6-10-19/h7-8,11,19H,3-6,9-10H2,1-2H3,(H3,16,17,18). The van der Waals surface area contributed by atoms with E-state index in [1.165, 1.54) is 11.1 Å². The Morgan fingerprint density at radius 1 is 1.16 bits per heavy atom. The average Bonchev–Trinajstić information content (AvgIpc) is 2.38. The molecule has 0 fully saturated rings. The van der Waals surface area contributed by atoms with Crippen LogP contribution >= 0.6 is 0 Å². The van der Waals surface area contributed by atoms with E-state index in [2.05, 4.69) is 36.3 Å². The molecular weight excluding hydrogens is 238 g/mol. The first-order chi connectivity index (χ1) is 9.13. The van der Waals surface area contributed by atoms with Crippen molar-refractivity contribution < 1.29 is 5.11 Å². The van der Waals surface area contributed by atoms with Crippen LogP contribution in [0.2, 0.25) is 0 Å². The van der Waals surface area contributed by atoms with Gasteiger partial charge in [-0.1, -0.05) is 18.9 Å². The summed E-state index contributed by atoms with van der Waals surface area (Å²) in [4.78, 5) is 4.29. The van der Waals surface area contributed by atoms with Crippen molar-refractivity contribution in [1.29, 1.82) is 0 Å². The first kappa shape index (κ1) is 15.5. The van der Waals surface area contributed by atoms with Crippen molar-refractivity contribution >= 4 is 11.6 Å². The van der Waals surface area contributed by atoms with Crippen molar-refractivity contribution in [1.82, 2.24) is 0 Å². The normalized spacial score (nSPS) is 11.6. The van der Waals surface area contributed by atoms with Gasteiger partial charge in [0.25, 0.3) is 0 Å². The second-order valence-electron chi connectivity index (χ2n) is 4.83. The zero-order valence-electron chi connectivity index (χ0n) is 11.9. The minimum Gasteiger partial charge on any atom is -0.396 e. The van der Waals surface area contributed by atoms with Crippen LogP contribution in [0, 0.1) is 13.8 Å². The Morgan fingerprint density at radius 2 is 1.89 bits per heavy atom. The molecule has 0 unspecified atom stereocenters. The van der Waals surface area contributed by atoms with Gasteiger partial charge in [-0.2, -0.15) is 0 Å². The number of hydrogen-bond acceptors (Lipinski definition) is 2. The Morgan fingerprint density at radius 3 is 2.58 bits per heavy atom. The SMILES string of the molecule is Cc1ccc(NC(N)=NCCCCCCO)cc1C. The summed E-state index contributed by atoms with van der Waals surface area (Å²) in [7, 11) is 0. The van der Waals surface area contributed by atoms with Gasteiger partial charge >= 0.3 is 0 Å². The molecule has 0 aliphatic carbocycles. The third-order valence-electron chi connectivity index (χ3n) is 3.13. The number of nitrogens with two attached hydrogens (primary N) is 1. The zero-order valence-corrected chi connectivity index (χ0v) is 11.9. The van der Waals surface area contributed by atoms with Gasteiger partial charge in [0.1, 0.15) is 0 Å². The molecule has 0 saturated carbocycles. The summed E-state index contributed by atoms with van der Waals surface area (Å²) < 4.78 is 0. The third-order valence-corrected chi connectivity index (χ3v) is 3.13. The van der Waals surface area contributed by atoms with Crippen molar-refractivity contribution in [3.8, 4) is 0 Å². The maximum Gasteiger partial charge on any atom is 0.193 e. The number of nitrogens with zero attached hydrogens (tertiary/aromatic N) is 1. The van der Waals surface area contributed by atoms with E-state index >= 15 is 0 Å². The minimum absolute atomic E-state index is 0.278. The highest BCUT2D eigenvalue weighted by Gasteiger charge is 1.97. The topological polar surface area (TPSA) is 70.6 Å². The molecule has 4 N–H and O–H groups in total. The number of nitrogens with one attached hydrogen (secondary N) is 1. The van der Waals surface area contributed by atoms with Crippen LogP contribution in [0.4, 0.5) is 5.69 Å². The highest BCUT2D eigenvalue weighted by atomic mass is 16.2. The molecule has 0 spiro atoms. The van der Waals surface area contributed by atoms with E-state index in [9.17, 15) is 0 Å². The predicted octanol–water partition coefficient (Wildman–Crippen LogP) is 2.58. The molecule has 1 aromatic rings. The number of aliphatic imine (C=N–C) groups is 1. The predicted molar refractivity (Wildman–Crippen MR) is 81.6 cm³/mol. The van der Waals surface area contributed by atoms with Crippen LogP contribution in [-0.2, 0) is 0 Å². The lowest BCUT2D eigenvalue weighted by Crippen LogP contribution is -2.22. The molecule has 0 radical (unpaired) electrons. The van der Waals surface area contributed by atoms with E-state index < -0.39 is 0 Å². The zero-order chi connectivity index (χ0) is 14.1. The van der Waals surface area contributed by atoms with Gasteiger partial charge in [-0.3, -0.25) is 4.99 Å². The lowest BCUT2D eigenvalue weighted by atomic mass is 10.1. The Kier molecular flexibility index (Phi) is 6.97. The van der Waals surface area contributed by atoms with Gasteiger partial charge in [0.2, 0.25) is 0 Å². The van der Waals surface area contributed by atoms with Crippen molar-refractivity contribution in [2.75, 3.05) is 18.5 Å². The molecule has 0 atom stereocenters. The number of hydrogen-bond donors (Lipinski definition) is 3. The Labute approximate surface area is 115 Å². The summed E-state index contributed by atoms with van der Waals surface area (Å²) in [6.45, 7) is 5.17. The molecule has 0 saturated heterocycles. The average molecular weight is 263 g/mol. The summed E-state index contributed by atoms with van der Waals surface area (Å²) in [5.74, 6) is 0.463. The van der Waals surface area contributed by atoms with Gasteiger partial charge in [-0.15, -0.1) is 0 Å². The van der Waals surface area contributed by atoms with Crippen LogP contribution in [-0.4, -0.2) is 24.2 Å². The van der Waals surface area contributed by atoms with Gasteiger partial charge in [0.15, 0.2) is 5.96 Å². The van der Waals surface area contributed by atoms with Crippen molar-refractivity contribution in [3.05, 3.63) is 29.3 Å². The van der Waals surface area contributed by atoms with Crippen LogP contribution < -0.4 is 11.1 Å². The quantitative estimate of drug-likeness (QED) is 0.402. The number of anilines is 1. The van der Waals surface area contributed by atoms with Crippen molar-refractivity contribution in [2.24, 2.45) is 10.7 Å². The van der Waals surface area contributed by atoms with E-state index in [1.54, 1.807) is 0 Å². The first-order valence-corrected chi connectivity index (χ1v) is 6.88. The molecular formula is C15H25N3O.